The number of aryl methyl sites for hydroxylation is 1. The second kappa shape index (κ2) is 11.0. The number of rotatable bonds is 6. The second-order valence-corrected chi connectivity index (χ2v) is 3.85. The SMILES string of the molecule is Cc1ccc(O)cc1.OCCN(CCO)CCO. The van der Waals surface area contributed by atoms with E-state index in [1.165, 1.54) is 5.56 Å². The molecule has 0 saturated carbocycles. The van der Waals surface area contributed by atoms with Crippen molar-refractivity contribution in [3.05, 3.63) is 29.8 Å². The summed E-state index contributed by atoms with van der Waals surface area (Å²) in [6, 6.07) is 7.09. The van der Waals surface area contributed by atoms with E-state index < -0.39 is 0 Å². The molecule has 0 aliphatic rings. The van der Waals surface area contributed by atoms with Gasteiger partial charge in [0.1, 0.15) is 5.75 Å². The highest BCUT2D eigenvalue weighted by Crippen LogP contribution is 2.07. The van der Waals surface area contributed by atoms with Crippen LogP contribution in [0.1, 0.15) is 5.56 Å². The summed E-state index contributed by atoms with van der Waals surface area (Å²) in [6.45, 7) is 3.74. The molecule has 0 bridgehead atoms. The number of hydrogen-bond donors (Lipinski definition) is 4. The Kier molecular flexibility index (Phi) is 10.3. The predicted octanol–water partition coefficient (Wildman–Crippen LogP) is -0.0341. The minimum atomic E-state index is 0.0694. The van der Waals surface area contributed by atoms with Crippen molar-refractivity contribution in [2.75, 3.05) is 39.5 Å². The predicted molar refractivity (Wildman–Crippen MR) is 70.5 cm³/mol. The molecule has 5 nitrogen and oxygen atoms in total. The molecule has 0 aliphatic carbocycles. The molecular weight excluding hydrogens is 234 g/mol. The first-order valence-electron chi connectivity index (χ1n) is 5.94. The molecule has 4 N–H and O–H groups in total. The molecule has 0 radical (unpaired) electrons. The van der Waals surface area contributed by atoms with Crippen LogP contribution in [0, 0.1) is 6.92 Å². The highest BCUT2D eigenvalue weighted by molar-refractivity contribution is 5.24. The molecule has 1 aromatic rings. The third kappa shape index (κ3) is 8.95. The van der Waals surface area contributed by atoms with Crippen LogP contribution in [0.25, 0.3) is 0 Å². The molecule has 0 aromatic heterocycles. The number of phenolic OH excluding ortho intramolecular Hbond substituents is 1. The number of hydrogen-bond acceptors (Lipinski definition) is 5. The van der Waals surface area contributed by atoms with Gasteiger partial charge < -0.3 is 20.4 Å². The van der Waals surface area contributed by atoms with E-state index in [4.69, 9.17) is 20.4 Å². The normalized spacial score (nSPS) is 10.1. The monoisotopic (exact) mass is 257 g/mol. The zero-order chi connectivity index (χ0) is 13.8. The van der Waals surface area contributed by atoms with Crippen LogP contribution in [0.3, 0.4) is 0 Å². The summed E-state index contributed by atoms with van der Waals surface area (Å²) in [5, 5.41) is 34.2. The van der Waals surface area contributed by atoms with Gasteiger partial charge in [-0.2, -0.15) is 0 Å². The van der Waals surface area contributed by atoms with E-state index in [9.17, 15) is 0 Å². The quantitative estimate of drug-likeness (QED) is 0.575. The van der Waals surface area contributed by atoms with Gasteiger partial charge in [-0.05, 0) is 19.1 Å². The summed E-state index contributed by atoms with van der Waals surface area (Å²) < 4.78 is 0. The van der Waals surface area contributed by atoms with Gasteiger partial charge in [0.05, 0.1) is 19.8 Å². The number of phenols is 1. The topological polar surface area (TPSA) is 84.2 Å². The van der Waals surface area contributed by atoms with Gasteiger partial charge in [-0.25, -0.2) is 0 Å². The lowest BCUT2D eigenvalue weighted by Gasteiger charge is -2.17. The maximum atomic E-state index is 8.76. The number of aromatic hydroxyl groups is 1. The maximum absolute atomic E-state index is 8.76. The van der Waals surface area contributed by atoms with Crippen molar-refractivity contribution in [3.8, 4) is 5.75 Å². The van der Waals surface area contributed by atoms with E-state index in [1.807, 2.05) is 19.1 Å². The molecule has 0 atom stereocenters. The third-order valence-electron chi connectivity index (χ3n) is 2.28. The minimum absolute atomic E-state index is 0.0694. The van der Waals surface area contributed by atoms with Gasteiger partial charge >= 0.3 is 0 Å². The molecule has 0 spiro atoms. The largest absolute Gasteiger partial charge is 0.508 e. The van der Waals surface area contributed by atoms with Crippen molar-refractivity contribution in [3.63, 3.8) is 0 Å². The zero-order valence-electron chi connectivity index (χ0n) is 10.8. The summed E-state index contributed by atoms with van der Waals surface area (Å²) in [5.41, 5.74) is 1.17. The summed E-state index contributed by atoms with van der Waals surface area (Å²) >= 11 is 0. The van der Waals surface area contributed by atoms with Gasteiger partial charge in [0, 0.05) is 19.6 Å². The van der Waals surface area contributed by atoms with E-state index in [0.717, 1.165) is 0 Å². The van der Waals surface area contributed by atoms with Crippen molar-refractivity contribution in [1.29, 1.82) is 0 Å². The summed E-state index contributed by atoms with van der Waals surface area (Å²) in [6.07, 6.45) is 0. The average molecular weight is 257 g/mol. The standard InChI is InChI=1S/C7H8O.C6H15NO3/c1-6-2-4-7(8)5-3-6;8-4-1-7(2-5-9)3-6-10/h2-5,8H,1H3;8-10H,1-6H2. The molecular formula is C13H23NO4. The van der Waals surface area contributed by atoms with Crippen LogP contribution in [0.5, 0.6) is 5.75 Å². The van der Waals surface area contributed by atoms with Gasteiger partial charge in [-0.15, -0.1) is 0 Å². The lowest BCUT2D eigenvalue weighted by Crippen LogP contribution is -2.32. The first kappa shape index (κ1) is 16.9. The Hall–Kier alpha value is -1.14. The highest BCUT2D eigenvalue weighted by atomic mass is 16.3. The second-order valence-electron chi connectivity index (χ2n) is 3.85. The Balaban J connectivity index is 0.000000327. The molecule has 0 fully saturated rings. The number of aliphatic hydroxyl groups excluding tert-OH is 3. The molecule has 0 amide bonds. The number of nitrogens with zero attached hydrogens (tertiary/aromatic N) is 1. The van der Waals surface area contributed by atoms with Crippen LogP contribution in [0.15, 0.2) is 24.3 Å². The number of benzene rings is 1. The number of aliphatic hydroxyl groups is 3. The van der Waals surface area contributed by atoms with Crippen molar-refractivity contribution < 1.29 is 20.4 Å². The summed E-state index contributed by atoms with van der Waals surface area (Å²) in [4.78, 5) is 1.79. The molecule has 0 aliphatic heterocycles. The fourth-order valence-corrected chi connectivity index (χ4v) is 1.30. The molecule has 104 valence electrons. The van der Waals surface area contributed by atoms with Gasteiger partial charge in [-0.1, -0.05) is 17.7 Å². The molecule has 1 rings (SSSR count). The summed E-state index contributed by atoms with van der Waals surface area (Å²) in [7, 11) is 0. The van der Waals surface area contributed by atoms with E-state index >= 15 is 0 Å². The van der Waals surface area contributed by atoms with Crippen LogP contribution in [0.4, 0.5) is 0 Å². The zero-order valence-corrected chi connectivity index (χ0v) is 10.8. The Labute approximate surface area is 108 Å². The fraction of sp³-hybridized carbons (Fsp3) is 0.538. The van der Waals surface area contributed by atoms with E-state index in [-0.39, 0.29) is 19.8 Å². The van der Waals surface area contributed by atoms with E-state index in [1.54, 1.807) is 17.0 Å². The Bertz CT molecular complexity index is 254. The first-order chi connectivity index (χ1) is 8.63. The Morgan fingerprint density at radius 2 is 1.22 bits per heavy atom. The summed E-state index contributed by atoms with van der Waals surface area (Å²) in [5.74, 6) is 0.329. The lowest BCUT2D eigenvalue weighted by atomic mass is 10.2. The molecule has 0 unspecified atom stereocenters. The maximum Gasteiger partial charge on any atom is 0.115 e. The minimum Gasteiger partial charge on any atom is -0.508 e. The van der Waals surface area contributed by atoms with Crippen molar-refractivity contribution in [2.24, 2.45) is 0 Å². The highest BCUT2D eigenvalue weighted by Gasteiger charge is 2.00. The van der Waals surface area contributed by atoms with Crippen LogP contribution in [-0.2, 0) is 0 Å². The van der Waals surface area contributed by atoms with Crippen molar-refractivity contribution in [2.45, 2.75) is 6.92 Å². The molecule has 0 saturated heterocycles. The molecule has 0 heterocycles. The smallest absolute Gasteiger partial charge is 0.115 e. The van der Waals surface area contributed by atoms with Crippen LogP contribution in [-0.4, -0.2) is 64.8 Å². The van der Waals surface area contributed by atoms with Gasteiger partial charge in [0.2, 0.25) is 0 Å². The van der Waals surface area contributed by atoms with Crippen LogP contribution in [0.2, 0.25) is 0 Å². The van der Waals surface area contributed by atoms with Gasteiger partial charge in [0.25, 0.3) is 0 Å². The average Bonchev–Trinajstić information content (AvgIpc) is 2.35. The van der Waals surface area contributed by atoms with Crippen LogP contribution >= 0.6 is 0 Å². The third-order valence-corrected chi connectivity index (χ3v) is 2.28. The Morgan fingerprint density at radius 1 is 0.833 bits per heavy atom. The fourth-order valence-electron chi connectivity index (χ4n) is 1.30. The molecule has 5 heteroatoms. The van der Waals surface area contributed by atoms with Crippen molar-refractivity contribution >= 4 is 0 Å². The van der Waals surface area contributed by atoms with Crippen LogP contribution < -0.4 is 0 Å². The molecule has 1 aromatic carbocycles. The Morgan fingerprint density at radius 3 is 1.50 bits per heavy atom. The van der Waals surface area contributed by atoms with E-state index in [0.29, 0.717) is 25.4 Å². The van der Waals surface area contributed by atoms with Crippen molar-refractivity contribution in [1.82, 2.24) is 4.90 Å². The lowest BCUT2D eigenvalue weighted by molar-refractivity contribution is 0.136. The van der Waals surface area contributed by atoms with E-state index in [2.05, 4.69) is 0 Å². The molecule has 18 heavy (non-hydrogen) atoms. The van der Waals surface area contributed by atoms with Gasteiger partial charge in [-0.3, -0.25) is 4.90 Å². The van der Waals surface area contributed by atoms with Gasteiger partial charge in [0.15, 0.2) is 0 Å². The first-order valence-corrected chi connectivity index (χ1v) is 5.94.